The zero-order valence-corrected chi connectivity index (χ0v) is 11.3. The minimum absolute atomic E-state index is 0.688. The van der Waals surface area contributed by atoms with E-state index in [1.807, 2.05) is 12.5 Å². The third kappa shape index (κ3) is 2.93. The Hall–Kier alpha value is -0.870. The predicted octanol–water partition coefficient (Wildman–Crippen LogP) is 1.62. The van der Waals surface area contributed by atoms with Crippen molar-refractivity contribution in [3.05, 3.63) is 18.2 Å². The fourth-order valence-electron chi connectivity index (χ4n) is 2.80. The molecule has 18 heavy (non-hydrogen) atoms. The molecule has 2 aliphatic rings. The van der Waals surface area contributed by atoms with Gasteiger partial charge < -0.3 is 14.8 Å². The van der Waals surface area contributed by atoms with Gasteiger partial charge in [0.2, 0.25) is 0 Å². The quantitative estimate of drug-likeness (QED) is 0.859. The van der Waals surface area contributed by atoms with Crippen LogP contribution in [0.2, 0.25) is 0 Å². The third-order valence-electron chi connectivity index (χ3n) is 4.28. The zero-order valence-electron chi connectivity index (χ0n) is 11.3. The fraction of sp³-hybridized carbons (Fsp3) is 0.786. The van der Waals surface area contributed by atoms with Gasteiger partial charge in [0.05, 0.1) is 12.0 Å². The van der Waals surface area contributed by atoms with E-state index in [0.717, 1.165) is 19.1 Å². The molecule has 1 unspecified atom stereocenters. The second kappa shape index (κ2) is 5.41. The van der Waals surface area contributed by atoms with E-state index in [1.54, 1.807) is 0 Å². The van der Waals surface area contributed by atoms with Crippen LogP contribution in [0.3, 0.4) is 0 Å². The molecule has 100 valence electrons. The van der Waals surface area contributed by atoms with E-state index in [2.05, 4.69) is 26.8 Å². The summed E-state index contributed by atoms with van der Waals surface area (Å²) < 4.78 is 2.34. The molecule has 1 aliphatic heterocycles. The Morgan fingerprint density at radius 2 is 2.22 bits per heavy atom. The van der Waals surface area contributed by atoms with Crippen molar-refractivity contribution < 1.29 is 0 Å². The second-order valence-electron chi connectivity index (χ2n) is 5.82. The van der Waals surface area contributed by atoms with E-state index < -0.39 is 0 Å². The van der Waals surface area contributed by atoms with Crippen LogP contribution in [0.5, 0.6) is 0 Å². The number of imidazole rings is 1. The van der Waals surface area contributed by atoms with Crippen molar-refractivity contribution in [3.63, 3.8) is 0 Å². The lowest BCUT2D eigenvalue weighted by molar-refractivity contribution is 0.166. The number of hydrogen-bond donors (Lipinski definition) is 1. The normalized spacial score (nSPS) is 25.5. The van der Waals surface area contributed by atoms with Crippen molar-refractivity contribution in [2.45, 2.75) is 57.3 Å². The molecule has 1 aromatic rings. The Bertz CT molecular complexity index is 383. The van der Waals surface area contributed by atoms with Gasteiger partial charge in [0.25, 0.3) is 0 Å². The van der Waals surface area contributed by atoms with Gasteiger partial charge in [-0.05, 0) is 39.3 Å². The lowest BCUT2D eigenvalue weighted by Gasteiger charge is -2.33. The monoisotopic (exact) mass is 248 g/mol. The molecule has 1 saturated heterocycles. The van der Waals surface area contributed by atoms with Crippen molar-refractivity contribution >= 4 is 0 Å². The maximum Gasteiger partial charge on any atom is 0.0949 e. The van der Waals surface area contributed by atoms with Gasteiger partial charge in [-0.3, -0.25) is 0 Å². The average Bonchev–Trinajstić information content (AvgIpc) is 3.10. The van der Waals surface area contributed by atoms with Crippen LogP contribution in [-0.2, 0) is 13.1 Å². The molecule has 2 fully saturated rings. The summed E-state index contributed by atoms with van der Waals surface area (Å²) in [5.74, 6) is 0. The standard InChI is InChI=1S/C14H24N4/c1-17-7-3-2-4-13(17)10-18-11-15-8-14(18)9-16-12-5-6-12/h8,11-13,16H,2-7,9-10H2,1H3. The van der Waals surface area contributed by atoms with Crippen LogP contribution in [0.4, 0.5) is 0 Å². The van der Waals surface area contributed by atoms with Crippen LogP contribution in [0, 0.1) is 0 Å². The Balaban J connectivity index is 1.58. The van der Waals surface area contributed by atoms with E-state index >= 15 is 0 Å². The highest BCUT2D eigenvalue weighted by molar-refractivity contribution is 5.00. The molecule has 0 radical (unpaired) electrons. The minimum atomic E-state index is 0.688. The van der Waals surface area contributed by atoms with Gasteiger partial charge in [0, 0.05) is 31.4 Å². The van der Waals surface area contributed by atoms with Crippen LogP contribution < -0.4 is 5.32 Å². The maximum atomic E-state index is 4.32. The van der Waals surface area contributed by atoms with Crippen LogP contribution in [0.25, 0.3) is 0 Å². The first-order chi connectivity index (χ1) is 8.83. The second-order valence-corrected chi connectivity index (χ2v) is 5.82. The number of nitrogens with one attached hydrogen (secondary N) is 1. The SMILES string of the molecule is CN1CCCCC1Cn1cncc1CNC1CC1. The molecular formula is C14H24N4. The molecule has 1 saturated carbocycles. The summed E-state index contributed by atoms with van der Waals surface area (Å²) in [5, 5.41) is 3.57. The van der Waals surface area contributed by atoms with Crippen LogP contribution in [0.1, 0.15) is 37.8 Å². The van der Waals surface area contributed by atoms with Gasteiger partial charge in [-0.25, -0.2) is 4.98 Å². The van der Waals surface area contributed by atoms with Crippen molar-refractivity contribution in [2.24, 2.45) is 0 Å². The highest BCUT2D eigenvalue weighted by Gasteiger charge is 2.22. The smallest absolute Gasteiger partial charge is 0.0949 e. The molecule has 0 bridgehead atoms. The summed E-state index contributed by atoms with van der Waals surface area (Å²) in [6.45, 7) is 3.31. The minimum Gasteiger partial charge on any atom is -0.332 e. The highest BCUT2D eigenvalue weighted by atomic mass is 15.2. The Morgan fingerprint density at radius 1 is 1.33 bits per heavy atom. The molecule has 0 spiro atoms. The van der Waals surface area contributed by atoms with Gasteiger partial charge in [-0.2, -0.15) is 0 Å². The van der Waals surface area contributed by atoms with Crippen LogP contribution in [-0.4, -0.2) is 40.1 Å². The van der Waals surface area contributed by atoms with E-state index in [9.17, 15) is 0 Å². The molecule has 4 heteroatoms. The summed E-state index contributed by atoms with van der Waals surface area (Å²) >= 11 is 0. The first-order valence-corrected chi connectivity index (χ1v) is 7.25. The van der Waals surface area contributed by atoms with Crippen LogP contribution >= 0.6 is 0 Å². The largest absolute Gasteiger partial charge is 0.332 e. The Labute approximate surface area is 109 Å². The maximum absolute atomic E-state index is 4.32. The van der Waals surface area contributed by atoms with E-state index in [1.165, 1.54) is 44.3 Å². The van der Waals surface area contributed by atoms with Gasteiger partial charge in [-0.15, -0.1) is 0 Å². The summed E-state index contributed by atoms with van der Waals surface area (Å²) in [4.78, 5) is 6.82. The first-order valence-electron chi connectivity index (χ1n) is 7.25. The average molecular weight is 248 g/mol. The molecular weight excluding hydrogens is 224 g/mol. The van der Waals surface area contributed by atoms with Crippen molar-refractivity contribution in [2.75, 3.05) is 13.6 Å². The number of rotatable bonds is 5. The summed E-state index contributed by atoms with van der Waals surface area (Å²) in [7, 11) is 2.25. The fourth-order valence-corrected chi connectivity index (χ4v) is 2.80. The highest BCUT2D eigenvalue weighted by Crippen LogP contribution is 2.20. The molecule has 1 aromatic heterocycles. The van der Waals surface area contributed by atoms with Gasteiger partial charge in [0.1, 0.15) is 0 Å². The molecule has 2 heterocycles. The number of piperidine rings is 1. The predicted molar refractivity (Wildman–Crippen MR) is 72.4 cm³/mol. The number of likely N-dealkylation sites (N-methyl/N-ethyl adjacent to an activating group) is 1. The number of aromatic nitrogens is 2. The van der Waals surface area contributed by atoms with Gasteiger partial charge in [-0.1, -0.05) is 6.42 Å². The Kier molecular flexibility index (Phi) is 3.66. The van der Waals surface area contributed by atoms with Crippen LogP contribution in [0.15, 0.2) is 12.5 Å². The van der Waals surface area contributed by atoms with E-state index in [-0.39, 0.29) is 0 Å². The topological polar surface area (TPSA) is 33.1 Å². The molecule has 1 atom stereocenters. The van der Waals surface area contributed by atoms with Gasteiger partial charge >= 0.3 is 0 Å². The lowest BCUT2D eigenvalue weighted by atomic mass is 10.0. The summed E-state index contributed by atoms with van der Waals surface area (Å²) in [6.07, 6.45) is 10.8. The Morgan fingerprint density at radius 3 is 3.00 bits per heavy atom. The van der Waals surface area contributed by atoms with Gasteiger partial charge in [0.15, 0.2) is 0 Å². The number of likely N-dealkylation sites (tertiary alicyclic amines) is 1. The van der Waals surface area contributed by atoms with Crippen molar-refractivity contribution in [3.8, 4) is 0 Å². The van der Waals surface area contributed by atoms with Crippen molar-refractivity contribution in [1.82, 2.24) is 19.8 Å². The first kappa shape index (κ1) is 12.2. The molecule has 4 nitrogen and oxygen atoms in total. The third-order valence-corrected chi connectivity index (χ3v) is 4.28. The summed E-state index contributed by atoms with van der Waals surface area (Å²) in [6, 6.07) is 1.46. The molecule has 1 aliphatic carbocycles. The number of hydrogen-bond acceptors (Lipinski definition) is 3. The molecule has 1 N–H and O–H groups in total. The zero-order chi connectivity index (χ0) is 12.4. The van der Waals surface area contributed by atoms with E-state index in [4.69, 9.17) is 0 Å². The lowest BCUT2D eigenvalue weighted by Crippen LogP contribution is -2.39. The molecule has 0 aromatic carbocycles. The summed E-state index contributed by atoms with van der Waals surface area (Å²) in [5.41, 5.74) is 1.33. The number of nitrogens with zero attached hydrogens (tertiary/aromatic N) is 3. The van der Waals surface area contributed by atoms with Crippen molar-refractivity contribution in [1.29, 1.82) is 0 Å². The molecule has 3 rings (SSSR count). The van der Waals surface area contributed by atoms with E-state index in [0.29, 0.717) is 6.04 Å². The molecule has 0 amide bonds.